The lowest BCUT2D eigenvalue weighted by atomic mass is 9.87. The minimum absolute atomic E-state index is 0.1000. The quantitative estimate of drug-likeness (QED) is 0.850. The van der Waals surface area contributed by atoms with Crippen LogP contribution in [0.1, 0.15) is 17.0 Å². The Labute approximate surface area is 130 Å². The van der Waals surface area contributed by atoms with Gasteiger partial charge in [-0.1, -0.05) is 18.2 Å². The Morgan fingerprint density at radius 3 is 2.59 bits per heavy atom. The third-order valence-electron chi connectivity index (χ3n) is 4.40. The number of nitrogens with zero attached hydrogens (tertiary/aromatic N) is 2. The van der Waals surface area contributed by atoms with Gasteiger partial charge in [-0.15, -0.1) is 0 Å². The second kappa shape index (κ2) is 6.20. The van der Waals surface area contributed by atoms with Gasteiger partial charge in [0.2, 0.25) is 0 Å². The molecule has 0 bridgehead atoms. The number of nitrogens with one attached hydrogen (secondary N) is 1. The molecule has 1 aliphatic rings. The van der Waals surface area contributed by atoms with Crippen LogP contribution in [0.15, 0.2) is 30.3 Å². The Balaban J connectivity index is 1.71. The van der Waals surface area contributed by atoms with E-state index in [0.717, 1.165) is 30.2 Å². The van der Waals surface area contributed by atoms with E-state index in [1.54, 1.807) is 0 Å². The predicted octanol–water partition coefficient (Wildman–Crippen LogP) is 1.59. The van der Waals surface area contributed by atoms with E-state index in [-0.39, 0.29) is 12.0 Å². The van der Waals surface area contributed by atoms with Gasteiger partial charge in [-0.2, -0.15) is 5.10 Å². The lowest BCUT2D eigenvalue weighted by Crippen LogP contribution is -2.52. The first-order chi connectivity index (χ1) is 10.7. The Bertz CT molecular complexity index is 627. The highest BCUT2D eigenvalue weighted by molar-refractivity contribution is 5.36. The molecule has 0 atom stereocenters. The van der Waals surface area contributed by atoms with E-state index in [9.17, 15) is 5.11 Å². The highest BCUT2D eigenvalue weighted by Crippen LogP contribution is 2.26. The van der Waals surface area contributed by atoms with Crippen molar-refractivity contribution in [2.75, 3.05) is 26.4 Å². The van der Waals surface area contributed by atoms with Crippen LogP contribution in [-0.2, 0) is 11.3 Å². The molecule has 1 aromatic heterocycles. The van der Waals surface area contributed by atoms with Crippen molar-refractivity contribution in [3.63, 3.8) is 0 Å². The van der Waals surface area contributed by atoms with E-state index in [0.29, 0.717) is 13.2 Å². The van der Waals surface area contributed by atoms with Gasteiger partial charge < -0.3 is 15.2 Å². The molecule has 0 saturated carbocycles. The minimum Gasteiger partial charge on any atom is -0.396 e. The van der Waals surface area contributed by atoms with Gasteiger partial charge in [0.05, 0.1) is 36.6 Å². The van der Waals surface area contributed by atoms with Gasteiger partial charge in [0, 0.05) is 24.3 Å². The van der Waals surface area contributed by atoms with Gasteiger partial charge in [-0.05, 0) is 26.0 Å². The number of benzene rings is 1. The van der Waals surface area contributed by atoms with E-state index in [2.05, 4.69) is 29.5 Å². The number of aryl methyl sites for hydroxylation is 1. The summed E-state index contributed by atoms with van der Waals surface area (Å²) in [6.45, 7) is 7.10. The van der Waals surface area contributed by atoms with Gasteiger partial charge in [0.15, 0.2) is 0 Å². The van der Waals surface area contributed by atoms with E-state index in [1.807, 2.05) is 29.8 Å². The molecule has 2 N–H and O–H groups in total. The summed E-state index contributed by atoms with van der Waals surface area (Å²) in [6, 6.07) is 10.2. The monoisotopic (exact) mass is 301 g/mol. The van der Waals surface area contributed by atoms with Crippen LogP contribution in [0, 0.1) is 19.3 Å². The lowest BCUT2D eigenvalue weighted by Gasteiger charge is -2.40. The molecule has 0 amide bonds. The number of hydrogen-bond donors (Lipinski definition) is 2. The maximum Gasteiger partial charge on any atom is 0.0648 e. The molecule has 0 spiro atoms. The maximum absolute atomic E-state index is 9.46. The van der Waals surface area contributed by atoms with Gasteiger partial charge >= 0.3 is 0 Å². The van der Waals surface area contributed by atoms with Crippen LogP contribution in [-0.4, -0.2) is 41.3 Å². The Kier molecular flexibility index (Phi) is 4.29. The number of aromatic nitrogens is 2. The summed E-state index contributed by atoms with van der Waals surface area (Å²) >= 11 is 0. The largest absolute Gasteiger partial charge is 0.396 e. The Hall–Kier alpha value is -1.69. The average molecular weight is 301 g/mol. The molecular weight excluding hydrogens is 278 g/mol. The highest BCUT2D eigenvalue weighted by atomic mass is 16.5. The van der Waals surface area contributed by atoms with Crippen LogP contribution < -0.4 is 5.32 Å². The van der Waals surface area contributed by atoms with Crippen LogP contribution in [0.3, 0.4) is 0 Å². The normalized spacial score (nSPS) is 16.5. The minimum atomic E-state index is -0.1000. The molecule has 1 aliphatic heterocycles. The zero-order valence-corrected chi connectivity index (χ0v) is 13.2. The van der Waals surface area contributed by atoms with Crippen LogP contribution in [0.25, 0.3) is 5.69 Å². The molecule has 1 aromatic carbocycles. The molecule has 2 heterocycles. The summed E-state index contributed by atoms with van der Waals surface area (Å²) in [7, 11) is 0. The fraction of sp³-hybridized carbons (Fsp3) is 0.471. The molecule has 0 aliphatic carbocycles. The summed E-state index contributed by atoms with van der Waals surface area (Å²) in [4.78, 5) is 0. The van der Waals surface area contributed by atoms with Crippen LogP contribution in [0.4, 0.5) is 0 Å². The molecule has 5 nitrogen and oxygen atoms in total. The first kappa shape index (κ1) is 15.2. The fourth-order valence-electron chi connectivity index (χ4n) is 2.84. The second-order valence-corrected chi connectivity index (χ2v) is 6.15. The third kappa shape index (κ3) is 2.79. The number of aliphatic hydroxyl groups is 1. The fourth-order valence-corrected chi connectivity index (χ4v) is 2.84. The predicted molar refractivity (Wildman–Crippen MR) is 85.1 cm³/mol. The van der Waals surface area contributed by atoms with Crippen LogP contribution >= 0.6 is 0 Å². The number of rotatable bonds is 6. The Morgan fingerprint density at radius 1 is 1.27 bits per heavy atom. The van der Waals surface area contributed by atoms with Crippen molar-refractivity contribution in [2.45, 2.75) is 20.4 Å². The van der Waals surface area contributed by atoms with Gasteiger partial charge in [0.25, 0.3) is 0 Å². The summed E-state index contributed by atoms with van der Waals surface area (Å²) < 4.78 is 7.21. The van der Waals surface area contributed by atoms with E-state index < -0.39 is 0 Å². The first-order valence-corrected chi connectivity index (χ1v) is 7.65. The number of para-hydroxylation sites is 1. The molecule has 0 unspecified atom stereocenters. The highest BCUT2D eigenvalue weighted by Gasteiger charge is 2.37. The first-order valence-electron chi connectivity index (χ1n) is 7.65. The van der Waals surface area contributed by atoms with E-state index >= 15 is 0 Å². The van der Waals surface area contributed by atoms with Crippen molar-refractivity contribution in [3.05, 3.63) is 47.3 Å². The van der Waals surface area contributed by atoms with Gasteiger partial charge in [-0.3, -0.25) is 0 Å². The van der Waals surface area contributed by atoms with Crippen molar-refractivity contribution >= 4 is 0 Å². The average Bonchev–Trinajstić information content (AvgIpc) is 2.78. The maximum atomic E-state index is 9.46. The van der Waals surface area contributed by atoms with Crippen molar-refractivity contribution < 1.29 is 9.84 Å². The van der Waals surface area contributed by atoms with Crippen LogP contribution in [0.2, 0.25) is 0 Å². The summed E-state index contributed by atoms with van der Waals surface area (Å²) in [5, 5.41) is 17.6. The zero-order valence-electron chi connectivity index (χ0n) is 13.2. The molecule has 0 radical (unpaired) electrons. The summed E-state index contributed by atoms with van der Waals surface area (Å²) in [5.41, 5.74) is 4.39. The summed E-state index contributed by atoms with van der Waals surface area (Å²) in [5.74, 6) is 0. The molecule has 2 aromatic rings. The number of ether oxygens (including phenoxy) is 1. The van der Waals surface area contributed by atoms with Crippen molar-refractivity contribution in [2.24, 2.45) is 5.41 Å². The SMILES string of the molecule is Cc1nn(-c2ccccc2)c(C)c1CNCC1(CO)COC1. The molecule has 3 rings (SSSR count). The molecule has 5 heteroatoms. The topological polar surface area (TPSA) is 59.3 Å². The molecule has 118 valence electrons. The molecule has 22 heavy (non-hydrogen) atoms. The number of hydrogen-bond acceptors (Lipinski definition) is 4. The summed E-state index contributed by atoms with van der Waals surface area (Å²) in [6.07, 6.45) is 0. The second-order valence-electron chi connectivity index (χ2n) is 6.15. The third-order valence-corrected chi connectivity index (χ3v) is 4.40. The molecule has 1 fully saturated rings. The van der Waals surface area contributed by atoms with E-state index in [4.69, 9.17) is 4.74 Å². The standard InChI is InChI=1S/C17H23N3O2/c1-13-16(8-18-9-17(10-21)11-22-12-17)14(2)20(19-13)15-6-4-3-5-7-15/h3-7,18,21H,8-12H2,1-2H3. The van der Waals surface area contributed by atoms with Crippen molar-refractivity contribution in [1.82, 2.24) is 15.1 Å². The molecular formula is C17H23N3O2. The van der Waals surface area contributed by atoms with Crippen molar-refractivity contribution in [1.29, 1.82) is 0 Å². The van der Waals surface area contributed by atoms with Gasteiger partial charge in [-0.25, -0.2) is 4.68 Å². The zero-order chi connectivity index (χ0) is 15.6. The number of aliphatic hydroxyl groups excluding tert-OH is 1. The van der Waals surface area contributed by atoms with Crippen LogP contribution in [0.5, 0.6) is 0 Å². The smallest absolute Gasteiger partial charge is 0.0648 e. The Morgan fingerprint density at radius 2 is 2.00 bits per heavy atom. The van der Waals surface area contributed by atoms with Gasteiger partial charge in [0.1, 0.15) is 0 Å². The van der Waals surface area contributed by atoms with E-state index in [1.165, 1.54) is 5.56 Å². The lowest BCUT2D eigenvalue weighted by molar-refractivity contribution is -0.134. The van der Waals surface area contributed by atoms with Crippen molar-refractivity contribution in [3.8, 4) is 5.69 Å². The molecule has 1 saturated heterocycles.